The average Bonchev–Trinajstić information content (AvgIpc) is 2.35. The van der Waals surface area contributed by atoms with Crippen molar-refractivity contribution >= 4 is 12.0 Å². The minimum Gasteiger partial charge on any atom is -0.481 e. The fraction of sp³-hybridized carbons (Fsp3) is 0.846. The number of hydrogen-bond acceptors (Lipinski definition) is 3. The van der Waals surface area contributed by atoms with Crippen LogP contribution in [0, 0.1) is 5.92 Å². The number of aliphatic hydroxyl groups excluding tert-OH is 1. The zero-order valence-electron chi connectivity index (χ0n) is 11.1. The van der Waals surface area contributed by atoms with Crippen LogP contribution in [0.2, 0.25) is 0 Å². The lowest BCUT2D eigenvalue weighted by Gasteiger charge is -2.41. The van der Waals surface area contributed by atoms with Gasteiger partial charge in [-0.3, -0.25) is 4.79 Å². The lowest BCUT2D eigenvalue weighted by molar-refractivity contribution is -0.143. The van der Waals surface area contributed by atoms with Gasteiger partial charge in [0.15, 0.2) is 0 Å². The third-order valence-electron chi connectivity index (χ3n) is 4.22. The van der Waals surface area contributed by atoms with Gasteiger partial charge in [-0.1, -0.05) is 0 Å². The zero-order valence-corrected chi connectivity index (χ0v) is 11.1. The second-order valence-corrected chi connectivity index (χ2v) is 5.38. The number of aliphatic hydroxyl groups is 1. The molecule has 2 rings (SSSR count). The van der Waals surface area contributed by atoms with Gasteiger partial charge in [-0.15, -0.1) is 0 Å². The van der Waals surface area contributed by atoms with Crippen LogP contribution in [0.1, 0.15) is 32.1 Å². The highest BCUT2D eigenvalue weighted by molar-refractivity contribution is 5.76. The number of aliphatic carboxylic acids is 1. The number of rotatable bonds is 4. The van der Waals surface area contributed by atoms with Gasteiger partial charge < -0.3 is 20.0 Å². The molecule has 1 saturated heterocycles. The number of hydrogen-bond donors (Lipinski definition) is 2. The molecule has 0 unspecified atom stereocenters. The smallest absolute Gasteiger partial charge is 0.320 e. The van der Waals surface area contributed by atoms with Gasteiger partial charge in [0, 0.05) is 25.7 Å². The Labute approximate surface area is 113 Å². The van der Waals surface area contributed by atoms with Gasteiger partial charge in [-0.2, -0.15) is 0 Å². The summed E-state index contributed by atoms with van der Waals surface area (Å²) in [5.41, 5.74) is 0. The van der Waals surface area contributed by atoms with Gasteiger partial charge in [-0.05, 0) is 32.1 Å². The summed E-state index contributed by atoms with van der Waals surface area (Å²) >= 11 is 0. The Hall–Kier alpha value is -1.30. The van der Waals surface area contributed by atoms with E-state index in [-0.39, 0.29) is 24.6 Å². The normalized spacial score (nSPS) is 21.0. The van der Waals surface area contributed by atoms with E-state index >= 15 is 0 Å². The Bertz CT molecular complexity index is 336. The fourth-order valence-corrected chi connectivity index (χ4v) is 2.74. The van der Waals surface area contributed by atoms with Crippen LogP contribution in [-0.2, 0) is 4.79 Å². The van der Waals surface area contributed by atoms with Crippen molar-refractivity contribution < 1.29 is 19.8 Å². The standard InChI is InChI=1S/C13H22N2O4/c16-9-8-15(11-2-1-3-11)13(19)14-6-4-10(5-7-14)12(17)18/h10-11,16H,1-9H2,(H,17,18). The summed E-state index contributed by atoms with van der Waals surface area (Å²) in [6.07, 6.45) is 4.22. The van der Waals surface area contributed by atoms with Crippen molar-refractivity contribution in [3.63, 3.8) is 0 Å². The second-order valence-electron chi connectivity index (χ2n) is 5.38. The van der Waals surface area contributed by atoms with Gasteiger partial charge in [0.25, 0.3) is 0 Å². The van der Waals surface area contributed by atoms with Gasteiger partial charge in [0.1, 0.15) is 0 Å². The molecule has 108 valence electrons. The molecule has 2 aliphatic rings. The number of carbonyl (C=O) groups excluding carboxylic acids is 1. The molecule has 0 bridgehead atoms. The molecule has 1 saturated carbocycles. The first-order valence-electron chi connectivity index (χ1n) is 7.02. The van der Waals surface area contributed by atoms with E-state index in [1.165, 1.54) is 0 Å². The molecule has 0 aromatic rings. The molecule has 0 spiro atoms. The molecular weight excluding hydrogens is 248 g/mol. The predicted molar refractivity (Wildman–Crippen MR) is 68.8 cm³/mol. The zero-order chi connectivity index (χ0) is 13.8. The molecule has 1 aliphatic heterocycles. The lowest BCUT2D eigenvalue weighted by atomic mass is 9.91. The lowest BCUT2D eigenvalue weighted by Crippen LogP contribution is -2.53. The molecule has 1 heterocycles. The Kier molecular flexibility index (Phi) is 4.63. The monoisotopic (exact) mass is 270 g/mol. The highest BCUT2D eigenvalue weighted by Crippen LogP contribution is 2.27. The van der Waals surface area contributed by atoms with E-state index in [9.17, 15) is 9.59 Å². The third kappa shape index (κ3) is 3.18. The maximum Gasteiger partial charge on any atom is 0.320 e. The molecule has 1 aliphatic carbocycles. The maximum atomic E-state index is 12.4. The van der Waals surface area contributed by atoms with E-state index in [1.54, 1.807) is 9.80 Å². The van der Waals surface area contributed by atoms with Crippen LogP contribution in [0.15, 0.2) is 0 Å². The largest absolute Gasteiger partial charge is 0.481 e. The molecule has 6 heteroatoms. The molecule has 19 heavy (non-hydrogen) atoms. The molecular formula is C13H22N2O4. The molecule has 0 aromatic heterocycles. The maximum absolute atomic E-state index is 12.4. The van der Waals surface area contributed by atoms with Gasteiger partial charge in [-0.25, -0.2) is 4.79 Å². The SMILES string of the molecule is O=C(O)C1CCN(C(=O)N(CCO)C2CCC2)CC1. The quantitative estimate of drug-likeness (QED) is 0.790. The Morgan fingerprint density at radius 2 is 1.79 bits per heavy atom. The summed E-state index contributed by atoms with van der Waals surface area (Å²) in [7, 11) is 0. The first kappa shape index (κ1) is 14.1. The predicted octanol–water partition coefficient (Wildman–Crippen LogP) is 0.750. The van der Waals surface area contributed by atoms with Crippen molar-refractivity contribution in [3.05, 3.63) is 0 Å². The Balaban J connectivity index is 1.89. The minimum atomic E-state index is -0.765. The van der Waals surface area contributed by atoms with E-state index in [4.69, 9.17) is 10.2 Å². The Morgan fingerprint density at radius 1 is 1.16 bits per heavy atom. The van der Waals surface area contributed by atoms with E-state index in [0.29, 0.717) is 32.5 Å². The van der Waals surface area contributed by atoms with Crippen LogP contribution in [0.5, 0.6) is 0 Å². The number of carboxylic acid groups (broad SMARTS) is 1. The summed E-state index contributed by atoms with van der Waals surface area (Å²) in [5, 5.41) is 18.0. The summed E-state index contributed by atoms with van der Waals surface area (Å²) in [6, 6.07) is 0.222. The number of likely N-dealkylation sites (tertiary alicyclic amines) is 1. The summed E-state index contributed by atoms with van der Waals surface area (Å²) in [4.78, 5) is 26.8. The minimum absolute atomic E-state index is 0.0200. The molecule has 2 N–H and O–H groups in total. The molecule has 0 aromatic carbocycles. The van der Waals surface area contributed by atoms with E-state index in [2.05, 4.69) is 0 Å². The molecule has 6 nitrogen and oxygen atoms in total. The van der Waals surface area contributed by atoms with E-state index < -0.39 is 5.97 Å². The van der Waals surface area contributed by atoms with Crippen molar-refractivity contribution in [2.75, 3.05) is 26.2 Å². The van der Waals surface area contributed by atoms with Gasteiger partial charge >= 0.3 is 12.0 Å². The van der Waals surface area contributed by atoms with Crippen molar-refractivity contribution in [1.29, 1.82) is 0 Å². The summed E-state index contributed by atoms with van der Waals surface area (Å²) in [5.74, 6) is -1.09. The summed E-state index contributed by atoms with van der Waals surface area (Å²) in [6.45, 7) is 1.37. The molecule has 0 radical (unpaired) electrons. The fourth-order valence-electron chi connectivity index (χ4n) is 2.74. The van der Waals surface area contributed by atoms with Crippen molar-refractivity contribution in [2.24, 2.45) is 5.92 Å². The van der Waals surface area contributed by atoms with E-state index in [0.717, 1.165) is 19.3 Å². The summed E-state index contributed by atoms with van der Waals surface area (Å²) < 4.78 is 0. The van der Waals surface area contributed by atoms with Crippen molar-refractivity contribution in [1.82, 2.24) is 9.80 Å². The van der Waals surface area contributed by atoms with Crippen LogP contribution in [-0.4, -0.2) is 64.3 Å². The second kappa shape index (κ2) is 6.23. The highest BCUT2D eigenvalue weighted by Gasteiger charge is 2.33. The van der Waals surface area contributed by atoms with Crippen LogP contribution in [0.25, 0.3) is 0 Å². The van der Waals surface area contributed by atoms with Crippen LogP contribution < -0.4 is 0 Å². The van der Waals surface area contributed by atoms with Crippen molar-refractivity contribution in [2.45, 2.75) is 38.1 Å². The van der Waals surface area contributed by atoms with E-state index in [1.807, 2.05) is 0 Å². The van der Waals surface area contributed by atoms with Crippen LogP contribution in [0.3, 0.4) is 0 Å². The number of nitrogens with zero attached hydrogens (tertiary/aromatic N) is 2. The Morgan fingerprint density at radius 3 is 2.21 bits per heavy atom. The molecule has 0 atom stereocenters. The first-order valence-corrected chi connectivity index (χ1v) is 7.02. The number of amides is 2. The van der Waals surface area contributed by atoms with Gasteiger partial charge in [0.05, 0.1) is 12.5 Å². The number of carboxylic acids is 1. The average molecular weight is 270 g/mol. The molecule has 2 fully saturated rings. The number of carbonyl (C=O) groups is 2. The molecule has 2 amide bonds. The van der Waals surface area contributed by atoms with Crippen LogP contribution in [0.4, 0.5) is 4.79 Å². The number of piperidine rings is 1. The van der Waals surface area contributed by atoms with Crippen LogP contribution >= 0.6 is 0 Å². The third-order valence-corrected chi connectivity index (χ3v) is 4.22. The number of urea groups is 1. The van der Waals surface area contributed by atoms with Gasteiger partial charge in [0.2, 0.25) is 0 Å². The topological polar surface area (TPSA) is 81.1 Å². The highest BCUT2D eigenvalue weighted by atomic mass is 16.4. The van der Waals surface area contributed by atoms with Crippen molar-refractivity contribution in [3.8, 4) is 0 Å². The first-order chi connectivity index (χ1) is 9.13.